The van der Waals surface area contributed by atoms with Gasteiger partial charge in [-0.25, -0.2) is 9.18 Å². The van der Waals surface area contributed by atoms with Gasteiger partial charge in [0.1, 0.15) is 17.3 Å². The molecule has 0 aliphatic carbocycles. The average molecular weight is 446 g/mol. The summed E-state index contributed by atoms with van der Waals surface area (Å²) in [5.41, 5.74) is 11.4. The Morgan fingerprint density at radius 3 is 2.47 bits per heavy atom. The third-order valence-electron chi connectivity index (χ3n) is 4.89. The van der Waals surface area contributed by atoms with Crippen molar-refractivity contribution >= 4 is 28.6 Å². The van der Waals surface area contributed by atoms with E-state index in [1.807, 2.05) is 36.6 Å². The number of halogens is 1. The van der Waals surface area contributed by atoms with E-state index >= 15 is 0 Å². The topological polar surface area (TPSA) is 78.1 Å². The quantitative estimate of drug-likeness (QED) is 0.412. The van der Waals surface area contributed by atoms with Crippen LogP contribution in [0.15, 0.2) is 78.6 Å². The maximum atomic E-state index is 13.4. The first kappa shape index (κ1) is 21.4. The minimum Gasteiger partial charge on any atom is -0.457 e. The van der Waals surface area contributed by atoms with Crippen molar-refractivity contribution in [1.82, 2.24) is 9.97 Å². The number of hydrogen-bond acceptors (Lipinski definition) is 6. The lowest BCUT2D eigenvalue weighted by Gasteiger charge is -2.14. The van der Waals surface area contributed by atoms with E-state index in [4.69, 9.17) is 10.5 Å². The largest absolute Gasteiger partial charge is 0.457 e. The Morgan fingerprint density at radius 1 is 1.03 bits per heavy atom. The molecule has 160 valence electrons. The van der Waals surface area contributed by atoms with Crippen molar-refractivity contribution in [2.24, 2.45) is 5.73 Å². The number of carbonyl (C=O) groups excluding carboxylic acids is 1. The highest BCUT2D eigenvalue weighted by Gasteiger charge is 2.15. The molecule has 0 bridgehead atoms. The van der Waals surface area contributed by atoms with Crippen LogP contribution in [0, 0.1) is 12.7 Å². The summed E-state index contributed by atoms with van der Waals surface area (Å²) >= 11 is 1.36. The highest BCUT2D eigenvalue weighted by Crippen LogP contribution is 2.29. The molecular formula is C25H20FN3O2S. The molecule has 0 spiro atoms. The van der Waals surface area contributed by atoms with Gasteiger partial charge in [-0.1, -0.05) is 0 Å². The smallest absolute Gasteiger partial charge is 0.348 e. The number of nitrogens with zero attached hydrogens (tertiary/aromatic N) is 2. The van der Waals surface area contributed by atoms with Crippen LogP contribution < -0.4 is 5.73 Å². The zero-order valence-electron chi connectivity index (χ0n) is 17.3. The molecule has 0 amide bonds. The number of nitrogens with two attached hydrogens (primary N) is 1. The molecule has 7 heteroatoms. The summed E-state index contributed by atoms with van der Waals surface area (Å²) < 4.78 is 18.9. The summed E-state index contributed by atoms with van der Waals surface area (Å²) in [6, 6.07) is 15.2. The molecule has 4 aromatic rings. The van der Waals surface area contributed by atoms with Crippen LogP contribution in [-0.2, 0) is 11.3 Å². The van der Waals surface area contributed by atoms with Crippen LogP contribution in [0.5, 0.6) is 0 Å². The SMILES string of the molecule is Cc1ccsc1C(=O)OCc1ccnc(C(=C(N)c2ccc(F)cc2)c2ccncc2)c1. The number of carbonyl (C=O) groups is 1. The molecule has 0 atom stereocenters. The highest BCUT2D eigenvalue weighted by atomic mass is 32.1. The Hall–Kier alpha value is -3.84. The van der Waals surface area contributed by atoms with Crippen LogP contribution in [-0.4, -0.2) is 15.9 Å². The predicted octanol–water partition coefficient (Wildman–Crippen LogP) is 5.22. The number of thiophene rings is 1. The van der Waals surface area contributed by atoms with Gasteiger partial charge in [-0.05, 0) is 89.2 Å². The molecule has 0 aliphatic heterocycles. The first-order valence-corrected chi connectivity index (χ1v) is 10.7. The van der Waals surface area contributed by atoms with Crippen LogP contribution in [0.2, 0.25) is 0 Å². The lowest BCUT2D eigenvalue weighted by molar-refractivity contribution is 0.0477. The highest BCUT2D eigenvalue weighted by molar-refractivity contribution is 7.12. The molecular weight excluding hydrogens is 425 g/mol. The van der Waals surface area contributed by atoms with Crippen molar-refractivity contribution in [3.05, 3.63) is 117 Å². The molecule has 0 unspecified atom stereocenters. The number of ether oxygens (including phenoxy) is 1. The molecule has 0 saturated heterocycles. The fourth-order valence-electron chi connectivity index (χ4n) is 3.23. The summed E-state index contributed by atoms with van der Waals surface area (Å²) in [7, 11) is 0. The molecule has 1 aromatic carbocycles. The molecule has 4 rings (SSSR count). The molecule has 0 fully saturated rings. The van der Waals surface area contributed by atoms with Crippen molar-refractivity contribution in [3.63, 3.8) is 0 Å². The standard InChI is InChI=1S/C25H20FN3O2S/c1-16-9-13-32-24(16)25(30)31-15-17-6-12-29-21(14-17)22(18-7-10-28-11-8-18)23(27)19-2-4-20(26)5-3-19/h2-14H,15,27H2,1H3. The molecule has 3 aromatic heterocycles. The summed E-state index contributed by atoms with van der Waals surface area (Å²) in [6.07, 6.45) is 4.98. The first-order valence-electron chi connectivity index (χ1n) is 9.85. The van der Waals surface area contributed by atoms with Gasteiger partial charge in [-0.2, -0.15) is 0 Å². The van der Waals surface area contributed by atoms with Gasteiger partial charge in [0, 0.05) is 29.9 Å². The molecule has 32 heavy (non-hydrogen) atoms. The number of aromatic nitrogens is 2. The van der Waals surface area contributed by atoms with Gasteiger partial charge in [-0.15, -0.1) is 11.3 Å². The van der Waals surface area contributed by atoms with Gasteiger partial charge < -0.3 is 10.5 Å². The summed E-state index contributed by atoms with van der Waals surface area (Å²) in [6.45, 7) is 1.98. The van der Waals surface area contributed by atoms with Gasteiger partial charge in [0.05, 0.1) is 5.69 Å². The molecule has 0 aliphatic rings. The van der Waals surface area contributed by atoms with Gasteiger partial charge in [0.2, 0.25) is 0 Å². The third-order valence-corrected chi connectivity index (χ3v) is 5.89. The van der Waals surface area contributed by atoms with Crippen LogP contribution >= 0.6 is 11.3 Å². The maximum absolute atomic E-state index is 13.4. The van der Waals surface area contributed by atoms with E-state index in [0.29, 0.717) is 27.4 Å². The third kappa shape index (κ3) is 4.73. The summed E-state index contributed by atoms with van der Waals surface area (Å²) in [5.74, 6) is -0.693. The van der Waals surface area contributed by atoms with Crippen molar-refractivity contribution in [2.75, 3.05) is 0 Å². The molecule has 5 nitrogen and oxygen atoms in total. The predicted molar refractivity (Wildman–Crippen MR) is 123 cm³/mol. The number of rotatable bonds is 6. The molecule has 3 heterocycles. The van der Waals surface area contributed by atoms with Gasteiger partial charge >= 0.3 is 5.97 Å². The zero-order chi connectivity index (χ0) is 22.5. The Bertz CT molecular complexity index is 1270. The van der Waals surface area contributed by atoms with Crippen molar-refractivity contribution in [2.45, 2.75) is 13.5 Å². The van der Waals surface area contributed by atoms with Gasteiger partial charge in [0.25, 0.3) is 0 Å². The van der Waals surface area contributed by atoms with Gasteiger partial charge in [0.15, 0.2) is 0 Å². The second kappa shape index (κ2) is 9.53. The van der Waals surface area contributed by atoms with Crippen molar-refractivity contribution < 1.29 is 13.9 Å². The lowest BCUT2D eigenvalue weighted by atomic mass is 9.96. The maximum Gasteiger partial charge on any atom is 0.348 e. The number of esters is 1. The molecule has 2 N–H and O–H groups in total. The van der Waals surface area contributed by atoms with Crippen LogP contribution in [0.1, 0.15) is 37.6 Å². The number of hydrogen-bond donors (Lipinski definition) is 1. The van der Waals surface area contributed by atoms with Crippen molar-refractivity contribution in [1.29, 1.82) is 0 Å². The van der Waals surface area contributed by atoms with E-state index in [1.54, 1.807) is 36.8 Å². The number of benzene rings is 1. The minimum absolute atomic E-state index is 0.103. The van der Waals surface area contributed by atoms with Crippen molar-refractivity contribution in [3.8, 4) is 0 Å². The normalized spacial score (nSPS) is 11.7. The van der Waals surface area contributed by atoms with E-state index in [0.717, 1.165) is 16.7 Å². The second-order valence-corrected chi connectivity index (χ2v) is 8.01. The second-order valence-electron chi connectivity index (χ2n) is 7.09. The fraction of sp³-hybridized carbons (Fsp3) is 0.0800. The van der Waals surface area contributed by atoms with E-state index in [-0.39, 0.29) is 18.4 Å². The lowest BCUT2D eigenvalue weighted by Crippen LogP contribution is -2.07. The van der Waals surface area contributed by atoms with Crippen LogP contribution in [0.3, 0.4) is 0 Å². The Kier molecular flexibility index (Phi) is 6.37. The minimum atomic E-state index is -0.355. The van der Waals surface area contributed by atoms with Crippen LogP contribution in [0.25, 0.3) is 11.3 Å². The monoisotopic (exact) mass is 445 g/mol. The summed E-state index contributed by atoms with van der Waals surface area (Å²) in [5, 5.41) is 1.86. The van der Waals surface area contributed by atoms with Crippen LogP contribution in [0.4, 0.5) is 4.39 Å². The molecule has 0 saturated carbocycles. The number of pyridine rings is 2. The fourth-order valence-corrected chi connectivity index (χ4v) is 4.05. The van der Waals surface area contributed by atoms with E-state index in [1.165, 1.54) is 23.5 Å². The van der Waals surface area contributed by atoms with E-state index in [9.17, 15) is 9.18 Å². The zero-order valence-corrected chi connectivity index (χ0v) is 18.1. The Morgan fingerprint density at radius 2 is 1.78 bits per heavy atom. The average Bonchev–Trinajstić information content (AvgIpc) is 3.25. The first-order chi connectivity index (χ1) is 15.5. The summed E-state index contributed by atoms with van der Waals surface area (Å²) in [4.78, 5) is 21.5. The van der Waals surface area contributed by atoms with E-state index in [2.05, 4.69) is 9.97 Å². The van der Waals surface area contributed by atoms with E-state index < -0.39 is 0 Å². The Balaban J connectivity index is 1.68. The van der Waals surface area contributed by atoms with Gasteiger partial charge in [-0.3, -0.25) is 9.97 Å². The Labute approximate surface area is 189 Å². The molecule has 0 radical (unpaired) electrons. The number of aryl methyl sites for hydroxylation is 1.